The molecule has 146 valence electrons. The third-order valence-corrected chi connectivity index (χ3v) is 4.46. The fourth-order valence-corrected chi connectivity index (χ4v) is 2.77. The van der Waals surface area contributed by atoms with E-state index in [9.17, 15) is 9.59 Å². The Balaban J connectivity index is 1.36. The molecule has 2 amide bonds. The average molecular weight is 399 g/mol. The zero-order chi connectivity index (χ0) is 19.8. The molecule has 1 saturated carbocycles. The number of nitrogens with one attached hydrogen (secondary N) is 2. The van der Waals surface area contributed by atoms with Crippen LogP contribution < -0.4 is 15.4 Å². The highest BCUT2D eigenvalue weighted by Crippen LogP contribution is 2.18. The third-order valence-electron chi connectivity index (χ3n) is 4.22. The molecule has 6 heteroatoms. The van der Waals surface area contributed by atoms with Crippen LogP contribution in [0.4, 0.5) is 0 Å². The molecule has 2 N–H and O–H groups in total. The first kappa shape index (κ1) is 20.0. The molecule has 1 fully saturated rings. The summed E-state index contributed by atoms with van der Waals surface area (Å²) in [6, 6.07) is 15.2. The SMILES string of the molecule is O=C(/C=C/c1cccc(Cl)c1)NCCc1ccc(OCC(=O)NC2CC2)cc1. The second-order valence-corrected chi connectivity index (χ2v) is 7.14. The van der Waals surface area contributed by atoms with Crippen LogP contribution in [0.25, 0.3) is 6.08 Å². The molecule has 0 unspecified atom stereocenters. The van der Waals surface area contributed by atoms with Crippen LogP contribution >= 0.6 is 11.6 Å². The molecule has 0 radical (unpaired) electrons. The van der Waals surface area contributed by atoms with E-state index in [2.05, 4.69) is 10.6 Å². The Morgan fingerprint density at radius 2 is 1.93 bits per heavy atom. The molecule has 0 aromatic heterocycles. The smallest absolute Gasteiger partial charge is 0.258 e. The van der Waals surface area contributed by atoms with Gasteiger partial charge < -0.3 is 15.4 Å². The van der Waals surface area contributed by atoms with Gasteiger partial charge in [0.2, 0.25) is 5.91 Å². The van der Waals surface area contributed by atoms with E-state index < -0.39 is 0 Å². The molecule has 0 atom stereocenters. The number of rotatable bonds is 9. The Morgan fingerprint density at radius 1 is 1.14 bits per heavy atom. The van der Waals surface area contributed by atoms with Crippen molar-refractivity contribution < 1.29 is 14.3 Å². The van der Waals surface area contributed by atoms with Gasteiger partial charge >= 0.3 is 0 Å². The van der Waals surface area contributed by atoms with Gasteiger partial charge in [0.15, 0.2) is 6.61 Å². The first-order valence-electron chi connectivity index (χ1n) is 9.31. The highest BCUT2D eigenvalue weighted by molar-refractivity contribution is 6.30. The first-order valence-corrected chi connectivity index (χ1v) is 9.69. The highest BCUT2D eigenvalue weighted by atomic mass is 35.5. The van der Waals surface area contributed by atoms with E-state index >= 15 is 0 Å². The van der Waals surface area contributed by atoms with E-state index in [1.54, 1.807) is 18.2 Å². The Hall–Kier alpha value is -2.79. The van der Waals surface area contributed by atoms with Crippen LogP contribution in [0, 0.1) is 0 Å². The topological polar surface area (TPSA) is 67.4 Å². The summed E-state index contributed by atoms with van der Waals surface area (Å²) in [5.74, 6) is 0.421. The molecule has 28 heavy (non-hydrogen) atoms. The Kier molecular flexibility index (Phi) is 7.09. The minimum atomic E-state index is -0.151. The second-order valence-electron chi connectivity index (χ2n) is 6.70. The van der Waals surface area contributed by atoms with Crippen molar-refractivity contribution in [3.63, 3.8) is 0 Å². The van der Waals surface area contributed by atoms with Crippen LogP contribution in [-0.2, 0) is 16.0 Å². The standard InChI is InChI=1S/C22H23ClN2O3/c23-18-3-1-2-17(14-18)6-11-21(26)24-13-12-16-4-9-20(10-5-16)28-15-22(27)25-19-7-8-19/h1-6,9-11,14,19H,7-8,12-13,15H2,(H,24,26)(H,25,27)/b11-6+. The first-order chi connectivity index (χ1) is 13.6. The molecular formula is C22H23ClN2O3. The minimum absolute atomic E-state index is 0.0326. The van der Waals surface area contributed by atoms with Gasteiger partial charge in [0.1, 0.15) is 5.75 Å². The van der Waals surface area contributed by atoms with Crippen molar-refractivity contribution in [1.82, 2.24) is 10.6 Å². The molecular weight excluding hydrogens is 376 g/mol. The zero-order valence-corrected chi connectivity index (χ0v) is 16.2. The van der Waals surface area contributed by atoms with Crippen LogP contribution in [-0.4, -0.2) is 31.0 Å². The van der Waals surface area contributed by atoms with Gasteiger partial charge in [0.25, 0.3) is 5.91 Å². The van der Waals surface area contributed by atoms with Gasteiger partial charge in [0, 0.05) is 23.7 Å². The van der Waals surface area contributed by atoms with Crippen LogP contribution in [0.15, 0.2) is 54.6 Å². The summed E-state index contributed by atoms with van der Waals surface area (Å²) in [5, 5.41) is 6.37. The maximum Gasteiger partial charge on any atom is 0.258 e. The lowest BCUT2D eigenvalue weighted by Gasteiger charge is -2.08. The van der Waals surface area contributed by atoms with Crippen molar-refractivity contribution in [2.45, 2.75) is 25.3 Å². The van der Waals surface area contributed by atoms with Crippen molar-refractivity contribution >= 4 is 29.5 Å². The number of halogens is 1. The molecule has 5 nitrogen and oxygen atoms in total. The predicted octanol–water partition coefficient (Wildman–Crippen LogP) is 3.37. The molecule has 0 heterocycles. The molecule has 0 spiro atoms. The number of carbonyl (C=O) groups is 2. The van der Waals surface area contributed by atoms with Gasteiger partial charge in [-0.3, -0.25) is 9.59 Å². The zero-order valence-electron chi connectivity index (χ0n) is 15.5. The summed E-state index contributed by atoms with van der Waals surface area (Å²) in [6.07, 6.45) is 6.06. The predicted molar refractivity (Wildman–Crippen MR) is 110 cm³/mol. The normalized spacial score (nSPS) is 13.3. The molecule has 1 aliphatic rings. The van der Waals surface area contributed by atoms with Crippen molar-refractivity contribution in [1.29, 1.82) is 0 Å². The number of ether oxygens (including phenoxy) is 1. The summed E-state index contributed by atoms with van der Waals surface area (Å²) in [6.45, 7) is 0.563. The van der Waals surface area contributed by atoms with Crippen LogP contribution in [0.1, 0.15) is 24.0 Å². The van der Waals surface area contributed by atoms with E-state index in [1.807, 2.05) is 36.4 Å². The van der Waals surface area contributed by atoms with E-state index in [0.717, 1.165) is 24.0 Å². The summed E-state index contributed by atoms with van der Waals surface area (Å²) in [7, 11) is 0. The van der Waals surface area contributed by atoms with Crippen molar-refractivity contribution in [3.05, 3.63) is 70.8 Å². The molecule has 2 aromatic carbocycles. The lowest BCUT2D eigenvalue weighted by Crippen LogP contribution is -2.30. The number of hydrogen-bond donors (Lipinski definition) is 2. The highest BCUT2D eigenvalue weighted by Gasteiger charge is 2.23. The summed E-state index contributed by atoms with van der Waals surface area (Å²) in [5.41, 5.74) is 1.96. The summed E-state index contributed by atoms with van der Waals surface area (Å²) in [4.78, 5) is 23.5. The van der Waals surface area contributed by atoms with E-state index in [1.165, 1.54) is 6.08 Å². The van der Waals surface area contributed by atoms with Gasteiger partial charge in [-0.2, -0.15) is 0 Å². The van der Waals surface area contributed by atoms with Crippen molar-refractivity contribution in [2.24, 2.45) is 0 Å². The van der Waals surface area contributed by atoms with Crippen molar-refractivity contribution in [2.75, 3.05) is 13.2 Å². The molecule has 2 aromatic rings. The molecule has 0 aliphatic heterocycles. The number of hydrogen-bond acceptors (Lipinski definition) is 3. The molecule has 0 saturated heterocycles. The van der Waals surface area contributed by atoms with Gasteiger partial charge in [-0.05, 0) is 60.7 Å². The number of carbonyl (C=O) groups excluding carboxylic acids is 2. The lowest BCUT2D eigenvalue weighted by molar-refractivity contribution is -0.123. The Labute approximate surface area is 169 Å². The molecule has 1 aliphatic carbocycles. The maximum absolute atomic E-state index is 11.9. The van der Waals surface area contributed by atoms with E-state index in [-0.39, 0.29) is 18.4 Å². The average Bonchev–Trinajstić information content (AvgIpc) is 3.50. The fraction of sp³-hybridized carbons (Fsp3) is 0.273. The Morgan fingerprint density at radius 3 is 2.64 bits per heavy atom. The number of benzene rings is 2. The monoisotopic (exact) mass is 398 g/mol. The van der Waals surface area contributed by atoms with Gasteiger partial charge in [0.05, 0.1) is 0 Å². The summed E-state index contributed by atoms with van der Waals surface area (Å²) < 4.78 is 5.48. The van der Waals surface area contributed by atoms with Crippen LogP contribution in [0.2, 0.25) is 5.02 Å². The molecule has 0 bridgehead atoms. The second kappa shape index (κ2) is 9.95. The van der Waals surface area contributed by atoms with E-state index in [4.69, 9.17) is 16.3 Å². The van der Waals surface area contributed by atoms with Gasteiger partial charge in [-0.1, -0.05) is 35.9 Å². The van der Waals surface area contributed by atoms with Crippen LogP contribution in [0.5, 0.6) is 5.75 Å². The summed E-state index contributed by atoms with van der Waals surface area (Å²) >= 11 is 5.92. The maximum atomic E-state index is 11.9. The largest absolute Gasteiger partial charge is 0.484 e. The fourth-order valence-electron chi connectivity index (χ4n) is 2.57. The van der Waals surface area contributed by atoms with Gasteiger partial charge in [-0.25, -0.2) is 0 Å². The number of amides is 2. The Bertz CT molecular complexity index is 845. The van der Waals surface area contributed by atoms with E-state index in [0.29, 0.717) is 29.8 Å². The molecule has 3 rings (SSSR count). The van der Waals surface area contributed by atoms with Gasteiger partial charge in [-0.15, -0.1) is 0 Å². The quantitative estimate of drug-likeness (QED) is 0.636. The van der Waals surface area contributed by atoms with Crippen molar-refractivity contribution in [3.8, 4) is 5.75 Å². The third kappa shape index (κ3) is 7.08. The lowest BCUT2D eigenvalue weighted by atomic mass is 10.1. The van der Waals surface area contributed by atoms with Crippen LogP contribution in [0.3, 0.4) is 0 Å². The minimum Gasteiger partial charge on any atom is -0.484 e.